The van der Waals surface area contributed by atoms with E-state index in [4.69, 9.17) is 18.9 Å². The third-order valence-corrected chi connectivity index (χ3v) is 6.27. The normalized spacial score (nSPS) is 29.4. The molecular weight excluding hydrogens is 400 g/mol. The zero-order valence-corrected chi connectivity index (χ0v) is 18.0. The summed E-state index contributed by atoms with van der Waals surface area (Å²) in [6.07, 6.45) is 0.964. The molecule has 4 aliphatic heterocycles. The van der Waals surface area contributed by atoms with Gasteiger partial charge in [0.05, 0.1) is 63.6 Å². The molecule has 4 heterocycles. The first kappa shape index (κ1) is 21.7. The van der Waals surface area contributed by atoms with Gasteiger partial charge in [0.1, 0.15) is 0 Å². The van der Waals surface area contributed by atoms with Crippen molar-refractivity contribution in [2.24, 2.45) is 0 Å². The average molecular weight is 435 g/mol. The molecule has 0 spiro atoms. The summed E-state index contributed by atoms with van der Waals surface area (Å²) in [6.45, 7) is 8.27. The molecule has 4 saturated heterocycles. The second-order valence-electron chi connectivity index (χ2n) is 9.30. The van der Waals surface area contributed by atoms with Crippen LogP contribution in [0.4, 0.5) is 0 Å². The number of hydrogen-bond donors (Lipinski definition) is 2. The van der Waals surface area contributed by atoms with E-state index in [1.54, 1.807) is 0 Å². The second kappa shape index (κ2) is 9.80. The van der Waals surface area contributed by atoms with Crippen LogP contribution in [0.25, 0.3) is 0 Å². The van der Waals surface area contributed by atoms with Crippen LogP contribution in [0.3, 0.4) is 0 Å². The average Bonchev–Trinajstić information content (AvgIpc) is 3.58. The Kier molecular flexibility index (Phi) is 6.87. The molecule has 31 heavy (non-hydrogen) atoms. The summed E-state index contributed by atoms with van der Waals surface area (Å²) in [7, 11) is 0. The molecular formula is C23H34N2O6. The lowest BCUT2D eigenvalue weighted by Crippen LogP contribution is -2.33. The van der Waals surface area contributed by atoms with Gasteiger partial charge in [-0.2, -0.15) is 0 Å². The van der Waals surface area contributed by atoms with Crippen LogP contribution in [0.2, 0.25) is 0 Å². The van der Waals surface area contributed by atoms with Crippen molar-refractivity contribution >= 4 is 0 Å². The highest BCUT2D eigenvalue weighted by atomic mass is 16.6. The summed E-state index contributed by atoms with van der Waals surface area (Å²) in [6, 6.07) is 6.41. The minimum atomic E-state index is -0.765. The van der Waals surface area contributed by atoms with Crippen molar-refractivity contribution in [1.82, 2.24) is 9.80 Å². The van der Waals surface area contributed by atoms with Crippen LogP contribution in [-0.4, -0.2) is 110 Å². The van der Waals surface area contributed by atoms with Crippen LogP contribution < -0.4 is 0 Å². The number of epoxide rings is 4. The molecule has 5 atom stereocenters. The first-order chi connectivity index (χ1) is 15.2. The summed E-state index contributed by atoms with van der Waals surface area (Å²) < 4.78 is 21.9. The van der Waals surface area contributed by atoms with E-state index < -0.39 is 6.10 Å². The number of nitrogens with zero attached hydrogens (tertiary/aromatic N) is 2. The maximum absolute atomic E-state index is 10.3. The number of aliphatic hydroxyl groups excluding tert-OH is 2. The Morgan fingerprint density at radius 1 is 0.774 bits per heavy atom. The summed E-state index contributed by atoms with van der Waals surface area (Å²) in [5, 5.41) is 19.8. The van der Waals surface area contributed by atoms with Gasteiger partial charge in [0.2, 0.25) is 0 Å². The van der Waals surface area contributed by atoms with E-state index in [9.17, 15) is 10.2 Å². The second-order valence-corrected chi connectivity index (χ2v) is 9.30. The van der Waals surface area contributed by atoms with Crippen molar-refractivity contribution in [2.75, 3.05) is 59.2 Å². The third-order valence-electron chi connectivity index (χ3n) is 6.27. The molecule has 4 aliphatic rings. The molecule has 0 bridgehead atoms. The largest absolute Gasteiger partial charge is 0.394 e. The van der Waals surface area contributed by atoms with Gasteiger partial charge in [-0.3, -0.25) is 9.80 Å². The van der Waals surface area contributed by atoms with Gasteiger partial charge in [0, 0.05) is 45.7 Å². The van der Waals surface area contributed by atoms with Crippen LogP contribution in [0.15, 0.2) is 18.2 Å². The van der Waals surface area contributed by atoms with E-state index in [2.05, 4.69) is 28.0 Å². The minimum absolute atomic E-state index is 0.237. The molecule has 0 aromatic heterocycles. The van der Waals surface area contributed by atoms with Gasteiger partial charge >= 0.3 is 0 Å². The Hall–Kier alpha value is -1.10. The van der Waals surface area contributed by atoms with Crippen molar-refractivity contribution in [2.45, 2.75) is 50.0 Å². The summed E-state index contributed by atoms with van der Waals surface area (Å²) in [4.78, 5) is 4.80. The van der Waals surface area contributed by atoms with Gasteiger partial charge in [-0.25, -0.2) is 0 Å². The zero-order valence-electron chi connectivity index (χ0n) is 18.0. The van der Waals surface area contributed by atoms with Gasteiger partial charge in [0.25, 0.3) is 0 Å². The lowest BCUT2D eigenvalue weighted by Gasteiger charge is -2.26. The summed E-state index contributed by atoms with van der Waals surface area (Å²) in [5.74, 6) is 0. The Morgan fingerprint density at radius 3 is 1.48 bits per heavy atom. The van der Waals surface area contributed by atoms with Crippen molar-refractivity contribution in [3.8, 4) is 0 Å². The summed E-state index contributed by atoms with van der Waals surface area (Å²) >= 11 is 0. The number of ether oxygens (including phenoxy) is 4. The van der Waals surface area contributed by atoms with Crippen LogP contribution in [-0.2, 0) is 38.5 Å². The Balaban J connectivity index is 1.34. The van der Waals surface area contributed by atoms with E-state index in [0.29, 0.717) is 30.8 Å². The lowest BCUT2D eigenvalue weighted by atomic mass is 9.94. The number of hydrogen-bond acceptors (Lipinski definition) is 8. The molecule has 8 heteroatoms. The first-order valence-electron chi connectivity index (χ1n) is 11.5. The predicted molar refractivity (Wildman–Crippen MR) is 113 cm³/mol. The molecule has 5 unspecified atom stereocenters. The Morgan fingerprint density at radius 2 is 1.16 bits per heavy atom. The highest BCUT2D eigenvalue weighted by molar-refractivity contribution is 5.36. The van der Waals surface area contributed by atoms with Crippen molar-refractivity contribution in [3.63, 3.8) is 0 Å². The van der Waals surface area contributed by atoms with Crippen molar-refractivity contribution in [3.05, 3.63) is 34.9 Å². The standard InChI is InChI=1S/C23H34N2O6/c26-11-18(27)4-23-16(5-24(7-19-12-28-19)8-20-13-29-20)2-1-3-17(23)6-25(9-21-14-30-21)10-22-15-31-22/h1-3,18-22,26-27H,4-15H2. The Labute approximate surface area is 183 Å². The van der Waals surface area contributed by atoms with E-state index in [-0.39, 0.29) is 6.61 Å². The molecule has 4 fully saturated rings. The maximum atomic E-state index is 10.3. The molecule has 0 aliphatic carbocycles. The zero-order chi connectivity index (χ0) is 21.2. The molecule has 1 aromatic carbocycles. The molecule has 1 aromatic rings. The Bertz CT molecular complexity index is 653. The van der Waals surface area contributed by atoms with Crippen LogP contribution in [0, 0.1) is 0 Å². The molecule has 172 valence electrons. The monoisotopic (exact) mass is 434 g/mol. The molecule has 8 nitrogen and oxygen atoms in total. The topological polar surface area (TPSA) is 97.1 Å². The molecule has 5 rings (SSSR count). The van der Waals surface area contributed by atoms with Gasteiger partial charge in [-0.1, -0.05) is 18.2 Å². The van der Waals surface area contributed by atoms with Crippen LogP contribution >= 0.6 is 0 Å². The van der Waals surface area contributed by atoms with Gasteiger partial charge in [-0.15, -0.1) is 0 Å². The summed E-state index contributed by atoms with van der Waals surface area (Å²) in [5.41, 5.74) is 3.55. The van der Waals surface area contributed by atoms with E-state index in [0.717, 1.165) is 71.3 Å². The van der Waals surface area contributed by atoms with Crippen LogP contribution in [0.1, 0.15) is 16.7 Å². The van der Waals surface area contributed by atoms with Crippen molar-refractivity contribution in [1.29, 1.82) is 0 Å². The van der Waals surface area contributed by atoms with Crippen molar-refractivity contribution < 1.29 is 29.2 Å². The van der Waals surface area contributed by atoms with Gasteiger partial charge < -0.3 is 29.2 Å². The fraction of sp³-hybridized carbons (Fsp3) is 0.739. The maximum Gasteiger partial charge on any atom is 0.0936 e. The lowest BCUT2D eigenvalue weighted by molar-refractivity contribution is 0.0946. The number of benzene rings is 1. The van der Waals surface area contributed by atoms with Crippen LogP contribution in [0.5, 0.6) is 0 Å². The minimum Gasteiger partial charge on any atom is -0.394 e. The molecule has 0 radical (unpaired) electrons. The fourth-order valence-electron chi connectivity index (χ4n) is 4.28. The van der Waals surface area contributed by atoms with Gasteiger partial charge in [-0.05, 0) is 16.7 Å². The fourth-order valence-corrected chi connectivity index (χ4v) is 4.28. The SMILES string of the molecule is OCC(O)Cc1c(CN(CC2CO2)CC2CO2)cccc1CN(CC1CO1)CC1CO1. The number of aliphatic hydroxyl groups is 2. The quantitative estimate of drug-likeness (QED) is 0.366. The predicted octanol–water partition coefficient (Wildman–Crippen LogP) is -0.218. The first-order valence-corrected chi connectivity index (χ1v) is 11.5. The van der Waals surface area contributed by atoms with E-state index >= 15 is 0 Å². The highest BCUT2D eigenvalue weighted by Crippen LogP contribution is 2.25. The molecule has 0 amide bonds. The molecule has 0 saturated carbocycles. The highest BCUT2D eigenvalue weighted by Gasteiger charge is 2.33. The van der Waals surface area contributed by atoms with Gasteiger partial charge in [0.15, 0.2) is 0 Å². The smallest absolute Gasteiger partial charge is 0.0936 e. The molecule has 2 N–H and O–H groups in total. The number of rotatable bonds is 15. The van der Waals surface area contributed by atoms with E-state index in [1.165, 1.54) is 11.1 Å². The third kappa shape index (κ3) is 6.94. The van der Waals surface area contributed by atoms with E-state index in [1.807, 2.05) is 0 Å².